The zero-order valence-corrected chi connectivity index (χ0v) is 30.1. The predicted molar refractivity (Wildman–Crippen MR) is 186 cm³/mol. The van der Waals surface area contributed by atoms with Crippen molar-refractivity contribution in [1.82, 2.24) is 24.6 Å². The Bertz CT molecular complexity index is 2040. The van der Waals surface area contributed by atoms with Crippen LogP contribution < -0.4 is 5.73 Å². The molecular weight excluding hydrogens is 721 g/mol. The van der Waals surface area contributed by atoms with Gasteiger partial charge in [0.25, 0.3) is 18.3 Å². The standard InChI is InChI=1S/C37H37ClF5N7O3/c1-34(2,3)19-37(23-10-8-21(9-11-23)25-7-5-6-14-45-25)32(52)49(33(44)48-37)27(18-53-28(51)17-36(12-13-36)35(4,42)43)22-15-24(39)29(38)26(16-22)50-31(30(40)41)46-20-47-50/h5-11,14-16,20,27,30H,12-13,17-19H2,1-4H3,(H2,44,48)/t27-,37-/m1/s1. The number of carbonyl (C=O) groups excluding carboxylic acids is 2. The van der Waals surface area contributed by atoms with Crippen molar-refractivity contribution in [2.75, 3.05) is 6.61 Å². The zero-order chi connectivity index (χ0) is 38.5. The first-order valence-corrected chi connectivity index (χ1v) is 17.2. The molecule has 2 atom stereocenters. The Labute approximate surface area is 307 Å². The topological polar surface area (TPSA) is 129 Å². The number of aliphatic imine (C=N–C) groups is 1. The second-order valence-corrected chi connectivity index (χ2v) is 15.1. The third kappa shape index (κ3) is 7.35. The highest BCUT2D eigenvalue weighted by atomic mass is 35.5. The molecule has 53 heavy (non-hydrogen) atoms. The summed E-state index contributed by atoms with van der Waals surface area (Å²) in [4.78, 5) is 41.8. The lowest BCUT2D eigenvalue weighted by Crippen LogP contribution is -2.47. The maximum atomic E-state index is 15.6. The fourth-order valence-electron chi connectivity index (χ4n) is 6.79. The van der Waals surface area contributed by atoms with Crippen LogP contribution in [0.3, 0.4) is 0 Å². The predicted octanol–water partition coefficient (Wildman–Crippen LogP) is 7.96. The molecule has 0 radical (unpaired) electrons. The molecule has 4 aromatic rings. The molecule has 16 heteroatoms. The van der Waals surface area contributed by atoms with Crippen LogP contribution in [-0.2, 0) is 19.9 Å². The number of ether oxygens (including phenoxy) is 1. The summed E-state index contributed by atoms with van der Waals surface area (Å²) in [7, 11) is 0. The van der Waals surface area contributed by atoms with Crippen LogP contribution >= 0.6 is 11.6 Å². The van der Waals surface area contributed by atoms with E-state index in [0.717, 1.165) is 29.8 Å². The van der Waals surface area contributed by atoms with Gasteiger partial charge in [-0.2, -0.15) is 5.10 Å². The summed E-state index contributed by atoms with van der Waals surface area (Å²) in [6.45, 7) is 5.79. The molecule has 3 heterocycles. The van der Waals surface area contributed by atoms with Crippen LogP contribution in [0.25, 0.3) is 16.9 Å². The summed E-state index contributed by atoms with van der Waals surface area (Å²) < 4.78 is 78.3. The number of aromatic nitrogens is 4. The monoisotopic (exact) mass is 757 g/mol. The number of hydrogen-bond donors (Lipinski definition) is 1. The van der Waals surface area contributed by atoms with Gasteiger partial charge < -0.3 is 10.5 Å². The number of pyridine rings is 1. The molecule has 280 valence electrons. The quantitative estimate of drug-likeness (QED) is 0.115. The van der Waals surface area contributed by atoms with E-state index in [1.807, 2.05) is 32.9 Å². The molecule has 2 aromatic heterocycles. The van der Waals surface area contributed by atoms with Crippen LogP contribution in [0.1, 0.15) is 82.8 Å². The van der Waals surface area contributed by atoms with E-state index in [9.17, 15) is 27.2 Å². The number of nitrogens with two attached hydrogens (primary N) is 1. The molecule has 0 saturated heterocycles. The van der Waals surface area contributed by atoms with Crippen molar-refractivity contribution in [3.05, 3.63) is 94.9 Å². The molecule has 1 aliphatic carbocycles. The minimum atomic E-state index is -3.15. The number of alkyl halides is 4. The van der Waals surface area contributed by atoms with Crippen LogP contribution in [0.5, 0.6) is 0 Å². The summed E-state index contributed by atoms with van der Waals surface area (Å²) in [5.74, 6) is -7.01. The molecular formula is C37H37ClF5N7O3. The van der Waals surface area contributed by atoms with Gasteiger partial charge in [-0.3, -0.25) is 19.5 Å². The second kappa shape index (κ2) is 13.8. The van der Waals surface area contributed by atoms with E-state index < -0.39 is 76.3 Å². The number of hydrogen-bond acceptors (Lipinski definition) is 8. The van der Waals surface area contributed by atoms with Gasteiger partial charge in [0.15, 0.2) is 17.3 Å². The van der Waals surface area contributed by atoms with E-state index in [1.54, 1.807) is 36.5 Å². The highest BCUT2D eigenvalue weighted by Crippen LogP contribution is 2.59. The van der Waals surface area contributed by atoms with Crippen molar-refractivity contribution in [2.24, 2.45) is 21.6 Å². The van der Waals surface area contributed by atoms with Crippen molar-refractivity contribution in [2.45, 2.75) is 77.3 Å². The number of nitrogens with zero attached hydrogens (tertiary/aromatic N) is 6. The first-order chi connectivity index (χ1) is 24.9. The first-order valence-electron chi connectivity index (χ1n) is 16.8. The molecule has 1 amide bonds. The fourth-order valence-corrected chi connectivity index (χ4v) is 6.98. The molecule has 0 unspecified atom stereocenters. The fraction of sp³-hybridized carbons (Fsp3) is 0.405. The van der Waals surface area contributed by atoms with Crippen LogP contribution in [0.4, 0.5) is 22.0 Å². The molecule has 2 N–H and O–H groups in total. The van der Waals surface area contributed by atoms with Gasteiger partial charge in [-0.1, -0.05) is 62.7 Å². The van der Waals surface area contributed by atoms with Gasteiger partial charge in [-0.15, -0.1) is 0 Å². The van der Waals surface area contributed by atoms with Crippen LogP contribution in [0, 0.1) is 16.6 Å². The Hall–Kier alpha value is -4.92. The lowest BCUT2D eigenvalue weighted by molar-refractivity contribution is -0.153. The molecule has 1 fully saturated rings. The molecule has 1 aliphatic heterocycles. The van der Waals surface area contributed by atoms with Crippen molar-refractivity contribution in [3.8, 4) is 16.9 Å². The largest absolute Gasteiger partial charge is 0.463 e. The highest BCUT2D eigenvalue weighted by Gasteiger charge is 2.60. The van der Waals surface area contributed by atoms with E-state index in [1.165, 1.54) is 6.07 Å². The highest BCUT2D eigenvalue weighted by molar-refractivity contribution is 6.32. The SMILES string of the molecule is CC(C)(C)C[C@]1(c2ccc(-c3ccccn3)cc2)N=C(N)N([C@H](COC(=O)CC2(C(C)(F)F)CC2)c2cc(F)c(Cl)c(-n3ncnc3C(F)F)c2)C1=O. The molecule has 10 nitrogen and oxygen atoms in total. The molecule has 1 saturated carbocycles. The summed E-state index contributed by atoms with van der Waals surface area (Å²) in [6.07, 6.45) is -0.846. The Morgan fingerprint density at radius 1 is 1.06 bits per heavy atom. The van der Waals surface area contributed by atoms with E-state index in [-0.39, 0.29) is 36.5 Å². The number of amides is 1. The normalized spacial score (nSPS) is 19.0. The number of esters is 1. The Morgan fingerprint density at radius 3 is 2.34 bits per heavy atom. The van der Waals surface area contributed by atoms with Crippen molar-refractivity contribution < 1.29 is 36.3 Å². The molecule has 0 bridgehead atoms. The van der Waals surface area contributed by atoms with Gasteiger partial charge in [0.1, 0.15) is 23.8 Å². The van der Waals surface area contributed by atoms with E-state index in [4.69, 9.17) is 27.1 Å². The number of halogens is 6. The molecule has 6 rings (SSSR count). The average Bonchev–Trinajstić information content (AvgIpc) is 3.64. The lowest BCUT2D eigenvalue weighted by Gasteiger charge is -2.35. The summed E-state index contributed by atoms with van der Waals surface area (Å²) in [6, 6.07) is 13.2. The maximum absolute atomic E-state index is 15.6. The van der Waals surface area contributed by atoms with Gasteiger partial charge in [0.2, 0.25) is 0 Å². The number of carbonyl (C=O) groups is 2. The van der Waals surface area contributed by atoms with Gasteiger partial charge in [-0.25, -0.2) is 36.6 Å². The average molecular weight is 758 g/mol. The summed E-state index contributed by atoms with van der Waals surface area (Å²) in [5.41, 5.74) is 4.39. The smallest absolute Gasteiger partial charge is 0.306 e. The number of guanidine groups is 1. The minimum absolute atomic E-state index is 0.0871. The zero-order valence-electron chi connectivity index (χ0n) is 29.3. The maximum Gasteiger partial charge on any atom is 0.306 e. The second-order valence-electron chi connectivity index (χ2n) is 14.7. The van der Waals surface area contributed by atoms with Crippen molar-refractivity contribution >= 4 is 29.4 Å². The summed E-state index contributed by atoms with van der Waals surface area (Å²) in [5, 5.41) is 3.22. The Kier molecular flexibility index (Phi) is 9.86. The lowest BCUT2D eigenvalue weighted by atomic mass is 9.75. The third-order valence-corrected chi connectivity index (χ3v) is 10.0. The Morgan fingerprint density at radius 2 is 1.75 bits per heavy atom. The van der Waals surface area contributed by atoms with Crippen LogP contribution in [-0.4, -0.2) is 55.0 Å². The number of benzene rings is 2. The Balaban J connectivity index is 1.43. The van der Waals surface area contributed by atoms with Gasteiger partial charge >= 0.3 is 5.97 Å². The van der Waals surface area contributed by atoms with Crippen molar-refractivity contribution in [3.63, 3.8) is 0 Å². The van der Waals surface area contributed by atoms with Crippen molar-refractivity contribution in [1.29, 1.82) is 0 Å². The molecule has 0 spiro atoms. The summed E-state index contributed by atoms with van der Waals surface area (Å²) >= 11 is 6.26. The van der Waals surface area contributed by atoms with E-state index in [2.05, 4.69) is 15.1 Å². The van der Waals surface area contributed by atoms with E-state index >= 15 is 4.39 Å². The third-order valence-electron chi connectivity index (χ3n) is 9.63. The van der Waals surface area contributed by atoms with Gasteiger partial charge in [0, 0.05) is 17.2 Å². The minimum Gasteiger partial charge on any atom is -0.463 e. The first kappa shape index (κ1) is 37.8. The molecule has 2 aliphatic rings. The van der Waals surface area contributed by atoms with Gasteiger partial charge in [0.05, 0.1) is 23.8 Å². The molecule has 2 aromatic carbocycles. The van der Waals surface area contributed by atoms with E-state index in [0.29, 0.717) is 15.9 Å². The van der Waals surface area contributed by atoms with Crippen LogP contribution in [0.15, 0.2) is 72.1 Å². The van der Waals surface area contributed by atoms with Crippen LogP contribution in [0.2, 0.25) is 5.02 Å². The van der Waals surface area contributed by atoms with Gasteiger partial charge in [-0.05, 0) is 67.0 Å². The number of rotatable bonds is 12.